The molecule has 4 rings (SSSR count). The molecule has 2 aliphatic rings. The second kappa shape index (κ2) is 6.31. The van der Waals surface area contributed by atoms with Crippen molar-refractivity contribution in [2.75, 3.05) is 13.1 Å². The Bertz CT molecular complexity index is 816. The molecule has 2 aromatic rings. The third-order valence-corrected chi connectivity index (χ3v) is 4.81. The molecule has 3 heterocycles. The number of likely N-dealkylation sites (tertiary alicyclic amines) is 1. The van der Waals surface area contributed by atoms with Crippen LogP contribution in [0.1, 0.15) is 46.4 Å². The molecule has 0 unspecified atom stereocenters. The number of hydrogen-bond acceptors (Lipinski definition) is 6. The quantitative estimate of drug-likeness (QED) is 0.775. The predicted octanol–water partition coefficient (Wildman–Crippen LogP) is 1.87. The van der Waals surface area contributed by atoms with Crippen molar-refractivity contribution < 1.29 is 18.8 Å². The average molecular weight is 341 g/mol. The summed E-state index contributed by atoms with van der Waals surface area (Å²) in [4.78, 5) is 31.1. The van der Waals surface area contributed by atoms with Crippen molar-refractivity contribution in [2.45, 2.75) is 38.2 Å². The predicted molar refractivity (Wildman–Crippen MR) is 86.9 cm³/mol. The molecule has 1 aromatic heterocycles. The van der Waals surface area contributed by atoms with Crippen LogP contribution in [0.15, 0.2) is 28.8 Å². The third-order valence-electron chi connectivity index (χ3n) is 4.81. The smallest absolute Gasteiger partial charge is 0.339 e. The molecule has 2 aliphatic heterocycles. The second-order valence-corrected chi connectivity index (χ2v) is 6.55. The first kappa shape index (κ1) is 15.8. The van der Waals surface area contributed by atoms with Gasteiger partial charge in [0.1, 0.15) is 0 Å². The number of piperidine rings is 1. The molecule has 0 radical (unpaired) electrons. The normalized spacial score (nSPS) is 23.1. The lowest BCUT2D eigenvalue weighted by Gasteiger charge is -2.34. The van der Waals surface area contributed by atoms with E-state index in [1.807, 2.05) is 12.1 Å². The van der Waals surface area contributed by atoms with Crippen LogP contribution >= 0.6 is 0 Å². The first-order valence-corrected chi connectivity index (χ1v) is 8.49. The number of esters is 1. The number of amides is 1. The van der Waals surface area contributed by atoms with E-state index in [2.05, 4.69) is 10.1 Å². The summed E-state index contributed by atoms with van der Waals surface area (Å²) in [7, 11) is 0. The molecule has 130 valence electrons. The lowest BCUT2D eigenvalue weighted by Crippen LogP contribution is -2.48. The van der Waals surface area contributed by atoms with Crippen LogP contribution in [0, 0.1) is 6.92 Å². The van der Waals surface area contributed by atoms with Gasteiger partial charge in [-0.05, 0) is 24.5 Å². The van der Waals surface area contributed by atoms with Crippen LogP contribution in [0.4, 0.5) is 0 Å². The van der Waals surface area contributed by atoms with E-state index in [1.54, 1.807) is 24.0 Å². The van der Waals surface area contributed by atoms with E-state index in [0.29, 0.717) is 36.8 Å². The maximum absolute atomic E-state index is 12.9. The molecule has 0 N–H and O–H groups in total. The van der Waals surface area contributed by atoms with Crippen LogP contribution in [0.2, 0.25) is 0 Å². The van der Waals surface area contributed by atoms with Crippen LogP contribution in [-0.4, -0.2) is 46.1 Å². The van der Waals surface area contributed by atoms with Crippen LogP contribution in [0.5, 0.6) is 0 Å². The van der Waals surface area contributed by atoms with E-state index in [4.69, 9.17) is 9.26 Å². The minimum Gasteiger partial charge on any atom is -0.448 e. The van der Waals surface area contributed by atoms with Gasteiger partial charge in [-0.3, -0.25) is 4.79 Å². The molecule has 0 aliphatic carbocycles. The van der Waals surface area contributed by atoms with Gasteiger partial charge in [0, 0.05) is 32.4 Å². The standard InChI is InChI=1S/C18H19N3O4/c1-11-19-16(20-25-11)13-6-4-8-21(10-13)17(22)15-9-12-5-2-3-7-14(12)18(23)24-15/h2-3,5,7,13,15H,4,6,8-10H2,1H3/t13-,15-/m1/s1. The molecule has 0 spiro atoms. The Hall–Kier alpha value is -2.70. The van der Waals surface area contributed by atoms with Crippen molar-refractivity contribution in [3.05, 3.63) is 47.1 Å². The fraction of sp³-hybridized carbons (Fsp3) is 0.444. The molecule has 25 heavy (non-hydrogen) atoms. The summed E-state index contributed by atoms with van der Waals surface area (Å²) in [5.74, 6) is 0.648. The summed E-state index contributed by atoms with van der Waals surface area (Å²) in [6.07, 6.45) is 1.44. The number of carbonyl (C=O) groups excluding carboxylic acids is 2. The number of aryl methyl sites for hydroxylation is 1. The number of nitrogens with zero attached hydrogens (tertiary/aromatic N) is 3. The molecule has 1 fully saturated rings. The zero-order valence-electron chi connectivity index (χ0n) is 14.0. The fourth-order valence-corrected chi connectivity index (χ4v) is 3.54. The van der Waals surface area contributed by atoms with Crippen LogP contribution in [0.3, 0.4) is 0 Å². The summed E-state index contributed by atoms with van der Waals surface area (Å²) in [5, 5.41) is 3.98. The summed E-state index contributed by atoms with van der Waals surface area (Å²) in [6.45, 7) is 2.93. The Morgan fingerprint density at radius 3 is 2.96 bits per heavy atom. The van der Waals surface area contributed by atoms with Crippen LogP contribution in [0.25, 0.3) is 0 Å². The van der Waals surface area contributed by atoms with E-state index in [9.17, 15) is 9.59 Å². The summed E-state index contributed by atoms with van der Waals surface area (Å²) >= 11 is 0. The Kier molecular flexibility index (Phi) is 3.99. The second-order valence-electron chi connectivity index (χ2n) is 6.55. The highest BCUT2D eigenvalue weighted by Crippen LogP contribution is 2.27. The molecule has 1 amide bonds. The molecule has 0 bridgehead atoms. The van der Waals surface area contributed by atoms with E-state index in [1.165, 1.54) is 0 Å². The lowest BCUT2D eigenvalue weighted by atomic mass is 9.95. The van der Waals surface area contributed by atoms with Gasteiger partial charge < -0.3 is 14.2 Å². The maximum atomic E-state index is 12.9. The molecular formula is C18H19N3O4. The number of carbonyl (C=O) groups is 2. The Morgan fingerprint density at radius 2 is 2.16 bits per heavy atom. The van der Waals surface area contributed by atoms with Crippen molar-refractivity contribution in [2.24, 2.45) is 0 Å². The lowest BCUT2D eigenvalue weighted by molar-refractivity contribution is -0.142. The molecule has 1 aromatic carbocycles. The van der Waals surface area contributed by atoms with E-state index >= 15 is 0 Å². The van der Waals surface area contributed by atoms with E-state index < -0.39 is 12.1 Å². The van der Waals surface area contributed by atoms with Gasteiger partial charge in [0.25, 0.3) is 5.91 Å². The van der Waals surface area contributed by atoms with Crippen molar-refractivity contribution in [1.82, 2.24) is 15.0 Å². The van der Waals surface area contributed by atoms with Gasteiger partial charge in [0.15, 0.2) is 11.9 Å². The molecule has 7 nitrogen and oxygen atoms in total. The topological polar surface area (TPSA) is 85.5 Å². The summed E-state index contributed by atoms with van der Waals surface area (Å²) < 4.78 is 10.4. The van der Waals surface area contributed by atoms with Gasteiger partial charge in [-0.25, -0.2) is 4.79 Å². The summed E-state index contributed by atoms with van der Waals surface area (Å²) in [6, 6.07) is 7.27. The van der Waals surface area contributed by atoms with Crippen molar-refractivity contribution in [1.29, 1.82) is 0 Å². The third kappa shape index (κ3) is 3.01. The summed E-state index contributed by atoms with van der Waals surface area (Å²) in [5.41, 5.74) is 1.41. The monoisotopic (exact) mass is 341 g/mol. The van der Waals surface area contributed by atoms with Gasteiger partial charge in [0.2, 0.25) is 5.89 Å². The molecular weight excluding hydrogens is 322 g/mol. The van der Waals surface area contributed by atoms with E-state index in [0.717, 1.165) is 18.4 Å². The van der Waals surface area contributed by atoms with Crippen molar-refractivity contribution >= 4 is 11.9 Å². The number of aromatic nitrogens is 2. The Morgan fingerprint density at radius 1 is 1.32 bits per heavy atom. The molecule has 1 saturated heterocycles. The number of hydrogen-bond donors (Lipinski definition) is 0. The van der Waals surface area contributed by atoms with Crippen LogP contribution < -0.4 is 0 Å². The largest absolute Gasteiger partial charge is 0.448 e. The number of benzene rings is 1. The van der Waals surface area contributed by atoms with Crippen molar-refractivity contribution in [3.63, 3.8) is 0 Å². The zero-order chi connectivity index (χ0) is 17.4. The minimum absolute atomic E-state index is 0.0572. The highest BCUT2D eigenvalue weighted by Gasteiger charge is 2.36. The minimum atomic E-state index is -0.756. The number of fused-ring (bicyclic) bond motifs is 1. The van der Waals surface area contributed by atoms with Gasteiger partial charge in [-0.1, -0.05) is 23.4 Å². The first-order valence-electron chi connectivity index (χ1n) is 8.49. The first-order chi connectivity index (χ1) is 12.1. The van der Waals surface area contributed by atoms with Gasteiger partial charge >= 0.3 is 5.97 Å². The Labute approximate surface area is 145 Å². The highest BCUT2D eigenvalue weighted by atomic mass is 16.5. The average Bonchev–Trinajstić information content (AvgIpc) is 3.08. The number of cyclic esters (lactones) is 1. The zero-order valence-corrected chi connectivity index (χ0v) is 14.0. The number of ether oxygens (including phenoxy) is 1. The fourth-order valence-electron chi connectivity index (χ4n) is 3.54. The van der Waals surface area contributed by atoms with E-state index in [-0.39, 0.29) is 11.8 Å². The molecule has 2 atom stereocenters. The van der Waals surface area contributed by atoms with Gasteiger partial charge in [0.05, 0.1) is 5.56 Å². The van der Waals surface area contributed by atoms with Gasteiger partial charge in [-0.2, -0.15) is 4.98 Å². The maximum Gasteiger partial charge on any atom is 0.339 e. The van der Waals surface area contributed by atoms with Gasteiger partial charge in [-0.15, -0.1) is 0 Å². The number of rotatable bonds is 2. The Balaban J connectivity index is 1.48. The molecule has 7 heteroatoms. The molecule has 0 saturated carbocycles. The highest BCUT2D eigenvalue weighted by molar-refractivity contribution is 5.95. The van der Waals surface area contributed by atoms with Crippen molar-refractivity contribution in [3.8, 4) is 0 Å². The SMILES string of the molecule is Cc1nc([C@@H]2CCCN(C(=O)[C@H]3Cc4ccccc4C(=O)O3)C2)no1. The van der Waals surface area contributed by atoms with Crippen LogP contribution in [-0.2, 0) is 16.0 Å².